The van der Waals surface area contributed by atoms with Gasteiger partial charge in [-0.05, 0) is 34.9 Å². The van der Waals surface area contributed by atoms with Gasteiger partial charge in [0.05, 0.1) is 12.7 Å². The number of hydrogen-bond acceptors (Lipinski definition) is 5. The van der Waals surface area contributed by atoms with Gasteiger partial charge in [-0.3, -0.25) is 4.90 Å². The number of urea groups is 1. The number of nitrogens with zero attached hydrogens (tertiary/aromatic N) is 2. The molecule has 0 unspecified atom stereocenters. The normalized spacial score (nSPS) is 13.6. The molecule has 2 N–H and O–H groups in total. The summed E-state index contributed by atoms with van der Waals surface area (Å²) in [7, 11) is 1.34. The lowest BCUT2D eigenvalue weighted by Gasteiger charge is -2.32. The molecule has 0 aromatic heterocycles. The van der Waals surface area contributed by atoms with Gasteiger partial charge in [0.2, 0.25) is 0 Å². The number of piperazine rings is 1. The summed E-state index contributed by atoms with van der Waals surface area (Å²) in [5.74, 6) is -0.466. The molecule has 1 saturated heterocycles. The second-order valence-electron chi connectivity index (χ2n) is 9.53. The predicted octanol–water partition coefficient (Wildman–Crippen LogP) is 4.60. The van der Waals surface area contributed by atoms with Gasteiger partial charge in [-0.2, -0.15) is 0 Å². The maximum absolute atomic E-state index is 13.7. The average Bonchev–Trinajstić information content (AvgIpc) is 2.96. The molecule has 38 heavy (non-hydrogen) atoms. The average molecular weight is 513 g/mol. The van der Waals surface area contributed by atoms with Crippen molar-refractivity contribution in [2.75, 3.05) is 58.2 Å². The SMILES string of the molecule is C=C(CN1CCNCC1)CN(CC(c1ccccc1)c1ccccc1)C(=O)Nc1cccc(C(=O)OC)c1. The van der Waals surface area contributed by atoms with E-state index in [4.69, 9.17) is 4.74 Å². The van der Waals surface area contributed by atoms with Crippen LogP contribution in [0.4, 0.5) is 10.5 Å². The van der Waals surface area contributed by atoms with E-state index in [1.54, 1.807) is 24.3 Å². The van der Waals surface area contributed by atoms with E-state index in [1.807, 2.05) is 41.3 Å². The Bertz CT molecular complexity index is 1170. The number of ether oxygens (including phenoxy) is 1. The van der Waals surface area contributed by atoms with Gasteiger partial charge < -0.3 is 20.3 Å². The van der Waals surface area contributed by atoms with E-state index in [9.17, 15) is 9.59 Å². The third-order valence-electron chi connectivity index (χ3n) is 6.70. The van der Waals surface area contributed by atoms with Gasteiger partial charge >= 0.3 is 12.0 Å². The van der Waals surface area contributed by atoms with E-state index in [1.165, 1.54) is 7.11 Å². The summed E-state index contributed by atoms with van der Waals surface area (Å²) in [5, 5.41) is 6.37. The molecular weight excluding hydrogens is 476 g/mol. The molecule has 0 spiro atoms. The highest BCUT2D eigenvalue weighted by molar-refractivity contribution is 5.94. The molecule has 1 fully saturated rings. The zero-order valence-electron chi connectivity index (χ0n) is 21.9. The molecule has 0 radical (unpaired) electrons. The van der Waals surface area contributed by atoms with E-state index in [0.29, 0.717) is 24.3 Å². The van der Waals surface area contributed by atoms with Gasteiger partial charge in [-0.1, -0.05) is 73.3 Å². The molecule has 198 valence electrons. The van der Waals surface area contributed by atoms with Crippen LogP contribution in [0.5, 0.6) is 0 Å². The highest BCUT2D eigenvalue weighted by Gasteiger charge is 2.24. The van der Waals surface area contributed by atoms with Crippen LogP contribution in [0.2, 0.25) is 0 Å². The van der Waals surface area contributed by atoms with E-state index in [0.717, 1.165) is 49.4 Å². The topological polar surface area (TPSA) is 73.9 Å². The number of carbonyl (C=O) groups excluding carboxylic acids is 2. The van der Waals surface area contributed by atoms with E-state index < -0.39 is 5.97 Å². The fourth-order valence-electron chi connectivity index (χ4n) is 4.76. The van der Waals surface area contributed by atoms with Crippen molar-refractivity contribution in [3.63, 3.8) is 0 Å². The lowest BCUT2D eigenvalue weighted by atomic mass is 9.90. The number of esters is 1. The molecule has 0 bridgehead atoms. The first-order valence-corrected chi connectivity index (χ1v) is 13.0. The summed E-state index contributed by atoms with van der Waals surface area (Å²) in [6.45, 7) is 9.80. The number of methoxy groups -OCH3 is 1. The van der Waals surface area contributed by atoms with Crippen LogP contribution in [0.25, 0.3) is 0 Å². The summed E-state index contributed by atoms with van der Waals surface area (Å²) in [6.07, 6.45) is 0. The molecule has 3 aromatic carbocycles. The number of amides is 2. The summed E-state index contributed by atoms with van der Waals surface area (Å²) in [4.78, 5) is 29.9. The van der Waals surface area contributed by atoms with Crippen LogP contribution < -0.4 is 10.6 Å². The van der Waals surface area contributed by atoms with Gasteiger partial charge in [0, 0.05) is 57.4 Å². The fourth-order valence-corrected chi connectivity index (χ4v) is 4.76. The zero-order chi connectivity index (χ0) is 26.7. The minimum Gasteiger partial charge on any atom is -0.465 e. The van der Waals surface area contributed by atoms with Crippen LogP contribution >= 0.6 is 0 Å². The Balaban J connectivity index is 1.58. The number of benzene rings is 3. The first-order valence-electron chi connectivity index (χ1n) is 13.0. The minimum absolute atomic E-state index is 0.0171. The van der Waals surface area contributed by atoms with Crippen LogP contribution in [-0.2, 0) is 4.74 Å². The number of hydrogen-bond donors (Lipinski definition) is 2. The van der Waals surface area contributed by atoms with Gasteiger partial charge in [0.25, 0.3) is 0 Å². The molecule has 0 atom stereocenters. The molecule has 7 heteroatoms. The quantitative estimate of drug-likeness (QED) is 0.307. The van der Waals surface area contributed by atoms with Crippen molar-refractivity contribution in [3.05, 3.63) is 114 Å². The molecule has 0 aliphatic carbocycles. The summed E-state index contributed by atoms with van der Waals surface area (Å²) >= 11 is 0. The third kappa shape index (κ3) is 7.54. The van der Waals surface area contributed by atoms with Gasteiger partial charge in [0.15, 0.2) is 0 Å². The van der Waals surface area contributed by atoms with Crippen molar-refractivity contribution in [2.45, 2.75) is 5.92 Å². The number of carbonyl (C=O) groups is 2. The maximum Gasteiger partial charge on any atom is 0.337 e. The molecule has 4 rings (SSSR count). The van der Waals surface area contributed by atoms with Crippen LogP contribution in [-0.4, -0.2) is 74.7 Å². The molecular formula is C31H36N4O3. The van der Waals surface area contributed by atoms with Crippen molar-refractivity contribution in [1.29, 1.82) is 0 Å². The highest BCUT2D eigenvalue weighted by Crippen LogP contribution is 2.26. The maximum atomic E-state index is 13.7. The van der Waals surface area contributed by atoms with Crippen LogP contribution in [0.15, 0.2) is 97.1 Å². The fraction of sp³-hybridized carbons (Fsp3) is 0.290. The molecule has 1 aliphatic rings. The highest BCUT2D eigenvalue weighted by atomic mass is 16.5. The Morgan fingerprint density at radius 3 is 2.21 bits per heavy atom. The van der Waals surface area contributed by atoms with Crippen LogP contribution in [0.3, 0.4) is 0 Å². The number of rotatable bonds is 10. The van der Waals surface area contributed by atoms with Gasteiger partial charge in [-0.15, -0.1) is 0 Å². The van der Waals surface area contributed by atoms with E-state index >= 15 is 0 Å². The predicted molar refractivity (Wildman–Crippen MR) is 152 cm³/mol. The number of nitrogens with one attached hydrogen (secondary N) is 2. The first kappa shape index (κ1) is 27.1. The van der Waals surface area contributed by atoms with Gasteiger partial charge in [-0.25, -0.2) is 9.59 Å². The molecule has 3 aromatic rings. The Hall–Kier alpha value is -3.94. The second kappa shape index (κ2) is 13.6. The zero-order valence-corrected chi connectivity index (χ0v) is 21.9. The van der Waals surface area contributed by atoms with Crippen molar-refractivity contribution in [1.82, 2.24) is 15.1 Å². The second-order valence-corrected chi connectivity index (χ2v) is 9.53. The summed E-state index contributed by atoms with van der Waals surface area (Å²) in [5.41, 5.74) is 4.16. The first-order chi connectivity index (χ1) is 18.5. The largest absolute Gasteiger partial charge is 0.465 e. The molecule has 7 nitrogen and oxygen atoms in total. The Labute approximate surface area is 225 Å². The molecule has 2 amide bonds. The third-order valence-corrected chi connectivity index (χ3v) is 6.70. The van der Waals surface area contributed by atoms with Crippen molar-refractivity contribution in [3.8, 4) is 0 Å². The van der Waals surface area contributed by atoms with E-state index in [2.05, 4.69) is 46.4 Å². The lowest BCUT2D eigenvalue weighted by molar-refractivity contribution is 0.0600. The Morgan fingerprint density at radius 2 is 1.61 bits per heavy atom. The summed E-state index contributed by atoms with van der Waals surface area (Å²) < 4.78 is 4.84. The molecule has 1 heterocycles. The van der Waals surface area contributed by atoms with E-state index in [-0.39, 0.29) is 11.9 Å². The van der Waals surface area contributed by atoms with Crippen molar-refractivity contribution >= 4 is 17.7 Å². The van der Waals surface area contributed by atoms with Gasteiger partial charge in [0.1, 0.15) is 0 Å². The summed E-state index contributed by atoms with van der Waals surface area (Å²) in [6, 6.07) is 27.0. The van der Waals surface area contributed by atoms with Crippen LogP contribution in [0, 0.1) is 0 Å². The smallest absolute Gasteiger partial charge is 0.337 e. The Morgan fingerprint density at radius 1 is 0.974 bits per heavy atom. The molecule has 0 saturated carbocycles. The lowest BCUT2D eigenvalue weighted by Crippen LogP contribution is -2.45. The van der Waals surface area contributed by atoms with Crippen molar-refractivity contribution < 1.29 is 14.3 Å². The minimum atomic E-state index is -0.449. The standard InChI is InChI=1S/C31H36N4O3/c1-24(21-34-18-16-32-17-19-34)22-35(31(37)33-28-15-9-14-27(20-28)30(36)38-2)23-29(25-10-5-3-6-11-25)26-12-7-4-8-13-26/h3-15,20,29,32H,1,16-19,21-23H2,2H3,(H,33,37). The number of anilines is 1. The monoisotopic (exact) mass is 512 g/mol. The molecule has 1 aliphatic heterocycles. The van der Waals surface area contributed by atoms with Crippen LogP contribution in [0.1, 0.15) is 27.4 Å². The van der Waals surface area contributed by atoms with Crippen molar-refractivity contribution in [2.24, 2.45) is 0 Å². The Kier molecular flexibility index (Phi) is 9.67.